The van der Waals surface area contributed by atoms with Crippen LogP contribution in [-0.4, -0.2) is 55.7 Å². The molecule has 2 heterocycles. The van der Waals surface area contributed by atoms with Crippen LogP contribution in [-0.2, 0) is 37.2 Å². The van der Waals surface area contributed by atoms with Crippen molar-refractivity contribution in [2.75, 3.05) is 19.6 Å². The number of carbonyl (C=O) groups is 2. The molecule has 6 rings (SSSR count). The Morgan fingerprint density at radius 1 is 0.976 bits per heavy atom. The number of amides is 2. The first-order valence-electron chi connectivity index (χ1n) is 14.3. The van der Waals surface area contributed by atoms with Gasteiger partial charge in [-0.05, 0) is 73.2 Å². The molecule has 0 bridgehead atoms. The van der Waals surface area contributed by atoms with E-state index in [0.29, 0.717) is 66.7 Å². The summed E-state index contributed by atoms with van der Waals surface area (Å²) in [7, 11) is -3.89. The standard InChI is InChI=1S/C32H32Cl2N2O5S/c33-27-8-4-9-28(34)25(27)21-41-23-12-13-26-22(20-23)11-14-29-32(26,42(39,40)24-6-2-1-3-7-24)16-19-36(29)31(38)15-18-35-17-5-10-30(35)37/h1-4,6-9,12-13,20,29H,5,10-11,14-19,21H2/t29-,32-/m1/s1. The van der Waals surface area contributed by atoms with E-state index in [1.165, 1.54) is 0 Å². The topological polar surface area (TPSA) is 84.0 Å². The van der Waals surface area contributed by atoms with E-state index >= 15 is 0 Å². The molecule has 2 atom stereocenters. The minimum Gasteiger partial charge on any atom is -0.489 e. The summed E-state index contributed by atoms with van der Waals surface area (Å²) >= 11 is 12.6. The van der Waals surface area contributed by atoms with Gasteiger partial charge in [0.15, 0.2) is 9.84 Å². The predicted molar refractivity (Wildman–Crippen MR) is 161 cm³/mol. The molecule has 10 heteroatoms. The molecule has 0 spiro atoms. The van der Waals surface area contributed by atoms with Crippen molar-refractivity contribution in [2.24, 2.45) is 0 Å². The third-order valence-corrected chi connectivity index (χ3v) is 12.2. The molecule has 0 radical (unpaired) electrons. The molecule has 42 heavy (non-hydrogen) atoms. The van der Waals surface area contributed by atoms with Crippen LogP contribution in [0.25, 0.3) is 0 Å². The zero-order chi connectivity index (χ0) is 29.5. The van der Waals surface area contributed by atoms with E-state index in [9.17, 15) is 18.0 Å². The van der Waals surface area contributed by atoms with Gasteiger partial charge >= 0.3 is 0 Å². The molecular formula is C32H32Cl2N2O5S. The Balaban J connectivity index is 1.33. The lowest BCUT2D eigenvalue weighted by molar-refractivity contribution is -0.133. The Labute approximate surface area is 256 Å². The first kappa shape index (κ1) is 29.0. The molecule has 2 fully saturated rings. The molecule has 1 aliphatic carbocycles. The second kappa shape index (κ2) is 11.5. The number of hydrogen-bond acceptors (Lipinski definition) is 5. The van der Waals surface area contributed by atoms with Gasteiger partial charge in [-0.25, -0.2) is 8.42 Å². The Hall–Kier alpha value is -3.07. The smallest absolute Gasteiger partial charge is 0.224 e. The number of carbonyl (C=O) groups excluding carboxylic acids is 2. The van der Waals surface area contributed by atoms with Gasteiger partial charge in [0.25, 0.3) is 0 Å². The second-order valence-electron chi connectivity index (χ2n) is 11.1. The number of fused-ring (bicyclic) bond motifs is 3. The number of likely N-dealkylation sites (tertiary alicyclic amines) is 2. The van der Waals surface area contributed by atoms with Gasteiger partial charge in [-0.1, -0.05) is 53.5 Å². The van der Waals surface area contributed by atoms with E-state index in [-0.39, 0.29) is 29.7 Å². The van der Waals surface area contributed by atoms with Gasteiger partial charge in [0, 0.05) is 48.1 Å². The van der Waals surface area contributed by atoms with Crippen molar-refractivity contribution in [1.29, 1.82) is 0 Å². The van der Waals surface area contributed by atoms with Gasteiger partial charge in [-0.3, -0.25) is 9.59 Å². The number of halogens is 2. The fraction of sp³-hybridized carbons (Fsp3) is 0.375. The largest absolute Gasteiger partial charge is 0.489 e. The molecule has 2 aliphatic heterocycles. The lowest BCUT2D eigenvalue weighted by Crippen LogP contribution is -2.52. The normalized spacial score (nSPS) is 21.8. The molecule has 3 aromatic rings. The van der Waals surface area contributed by atoms with Crippen LogP contribution in [0, 0.1) is 0 Å². The highest BCUT2D eigenvalue weighted by molar-refractivity contribution is 7.92. The van der Waals surface area contributed by atoms with Crippen LogP contribution in [0.1, 0.15) is 48.8 Å². The van der Waals surface area contributed by atoms with E-state index in [1.807, 2.05) is 12.1 Å². The molecule has 0 N–H and O–H groups in total. The molecule has 0 aromatic heterocycles. The number of nitrogens with zero attached hydrogens (tertiary/aromatic N) is 2. The summed E-state index contributed by atoms with van der Waals surface area (Å²) in [5.41, 5.74) is 2.29. The van der Waals surface area contributed by atoms with Crippen molar-refractivity contribution < 1.29 is 22.7 Å². The monoisotopic (exact) mass is 626 g/mol. The van der Waals surface area contributed by atoms with Crippen molar-refractivity contribution in [1.82, 2.24) is 9.80 Å². The van der Waals surface area contributed by atoms with Gasteiger partial charge in [0.1, 0.15) is 17.1 Å². The van der Waals surface area contributed by atoms with Crippen molar-refractivity contribution in [3.8, 4) is 5.75 Å². The Morgan fingerprint density at radius 2 is 1.74 bits per heavy atom. The fourth-order valence-electron chi connectivity index (χ4n) is 6.84. The van der Waals surface area contributed by atoms with E-state index in [1.54, 1.807) is 64.4 Å². The molecule has 2 amide bonds. The lowest BCUT2D eigenvalue weighted by Gasteiger charge is -2.42. The van der Waals surface area contributed by atoms with Gasteiger partial charge in [-0.15, -0.1) is 0 Å². The molecule has 3 aromatic carbocycles. The maximum absolute atomic E-state index is 14.6. The molecule has 220 valence electrons. The van der Waals surface area contributed by atoms with Gasteiger partial charge in [0.2, 0.25) is 11.8 Å². The number of ether oxygens (including phenoxy) is 1. The van der Waals surface area contributed by atoms with Gasteiger partial charge in [0.05, 0.1) is 10.9 Å². The van der Waals surface area contributed by atoms with Crippen LogP contribution >= 0.6 is 23.2 Å². The van der Waals surface area contributed by atoms with Gasteiger partial charge in [-0.2, -0.15) is 0 Å². The number of sulfone groups is 1. The van der Waals surface area contributed by atoms with Crippen molar-refractivity contribution in [3.63, 3.8) is 0 Å². The van der Waals surface area contributed by atoms with Crippen LogP contribution in [0.3, 0.4) is 0 Å². The first-order valence-corrected chi connectivity index (χ1v) is 16.5. The summed E-state index contributed by atoms with van der Waals surface area (Å²) in [5.74, 6) is 0.563. The Kier molecular flexibility index (Phi) is 7.98. The van der Waals surface area contributed by atoms with Crippen LogP contribution in [0.5, 0.6) is 5.75 Å². The maximum Gasteiger partial charge on any atom is 0.224 e. The van der Waals surface area contributed by atoms with Crippen molar-refractivity contribution >= 4 is 44.9 Å². The van der Waals surface area contributed by atoms with E-state index in [4.69, 9.17) is 27.9 Å². The molecule has 7 nitrogen and oxygen atoms in total. The lowest BCUT2D eigenvalue weighted by atomic mass is 9.78. The van der Waals surface area contributed by atoms with Gasteiger partial charge < -0.3 is 14.5 Å². The van der Waals surface area contributed by atoms with E-state index in [0.717, 1.165) is 17.5 Å². The average Bonchev–Trinajstić information content (AvgIpc) is 3.60. The van der Waals surface area contributed by atoms with E-state index < -0.39 is 20.6 Å². The molecular weight excluding hydrogens is 595 g/mol. The molecule has 2 saturated heterocycles. The van der Waals surface area contributed by atoms with Crippen molar-refractivity contribution in [3.05, 3.63) is 93.5 Å². The molecule has 3 aliphatic rings. The third-order valence-electron chi connectivity index (χ3n) is 8.92. The van der Waals surface area contributed by atoms with Crippen LogP contribution < -0.4 is 4.74 Å². The maximum atomic E-state index is 14.6. The Morgan fingerprint density at radius 3 is 2.45 bits per heavy atom. The minimum atomic E-state index is -3.89. The summed E-state index contributed by atoms with van der Waals surface area (Å²) < 4.78 is 33.9. The SMILES string of the molecule is O=C1CCCN1CCC(=O)N1CC[C@@]2(S(=O)(=O)c3ccccc3)c3ccc(OCc4c(Cl)cccc4Cl)cc3CC[C@@H]12. The highest BCUT2D eigenvalue weighted by Crippen LogP contribution is 2.53. The average molecular weight is 628 g/mol. The summed E-state index contributed by atoms with van der Waals surface area (Å²) in [6, 6.07) is 18.8. The van der Waals surface area contributed by atoms with Crippen molar-refractivity contribution in [2.45, 2.75) is 60.8 Å². The predicted octanol–water partition coefficient (Wildman–Crippen LogP) is 5.80. The van der Waals surface area contributed by atoms with Crippen LogP contribution in [0.4, 0.5) is 0 Å². The number of benzene rings is 3. The molecule has 0 unspecified atom stereocenters. The third kappa shape index (κ3) is 4.97. The zero-order valence-electron chi connectivity index (χ0n) is 23.1. The summed E-state index contributed by atoms with van der Waals surface area (Å²) in [6.07, 6.45) is 2.93. The second-order valence-corrected chi connectivity index (χ2v) is 14.2. The fourth-order valence-corrected chi connectivity index (χ4v) is 9.74. The summed E-state index contributed by atoms with van der Waals surface area (Å²) in [5, 5.41) is 1.03. The number of aryl methyl sites for hydroxylation is 1. The quantitative estimate of drug-likeness (QED) is 0.315. The highest BCUT2D eigenvalue weighted by Gasteiger charge is 2.60. The van der Waals surface area contributed by atoms with Crippen LogP contribution in [0.15, 0.2) is 71.6 Å². The number of rotatable bonds is 8. The number of hydrogen-bond donors (Lipinski definition) is 0. The Bertz CT molecular complexity index is 1610. The first-order chi connectivity index (χ1) is 20.2. The highest BCUT2D eigenvalue weighted by atomic mass is 35.5. The minimum absolute atomic E-state index is 0.0756. The summed E-state index contributed by atoms with van der Waals surface area (Å²) in [6.45, 7) is 1.55. The van der Waals surface area contributed by atoms with E-state index in [2.05, 4.69) is 0 Å². The van der Waals surface area contributed by atoms with Crippen LogP contribution in [0.2, 0.25) is 10.0 Å². The summed E-state index contributed by atoms with van der Waals surface area (Å²) in [4.78, 5) is 29.4. The molecule has 0 saturated carbocycles. The zero-order valence-corrected chi connectivity index (χ0v) is 25.4.